The summed E-state index contributed by atoms with van der Waals surface area (Å²) in [6.45, 7) is 3.87. The topological polar surface area (TPSA) is 51.2 Å². The van der Waals surface area contributed by atoms with Gasteiger partial charge in [0.2, 0.25) is 0 Å². The van der Waals surface area contributed by atoms with Gasteiger partial charge in [0.05, 0.1) is 17.8 Å². The summed E-state index contributed by atoms with van der Waals surface area (Å²) in [5.74, 6) is 2.62. The fraction of sp³-hybridized carbons (Fsp3) is 0.524. The van der Waals surface area contributed by atoms with Crippen molar-refractivity contribution in [2.75, 3.05) is 7.11 Å². The lowest BCUT2D eigenvalue weighted by molar-refractivity contribution is 0.0253. The maximum absolute atomic E-state index is 12.9. The number of fused-ring (bicyclic) bond motifs is 1. The monoisotopic (exact) mass is 370 g/mol. The first-order valence-electron chi connectivity index (χ1n) is 9.47. The second-order valence-electron chi connectivity index (χ2n) is 7.56. The van der Waals surface area contributed by atoms with Crippen LogP contribution in [0.1, 0.15) is 57.5 Å². The zero-order chi connectivity index (χ0) is 18.3. The highest BCUT2D eigenvalue weighted by Gasteiger charge is 2.51. The lowest BCUT2D eigenvalue weighted by Crippen LogP contribution is -2.59. The van der Waals surface area contributed by atoms with Crippen LogP contribution < -0.4 is 10.1 Å². The van der Waals surface area contributed by atoms with E-state index in [-0.39, 0.29) is 11.9 Å². The molecule has 2 saturated carbocycles. The van der Waals surface area contributed by atoms with Gasteiger partial charge in [-0.05, 0) is 56.2 Å². The number of aromatic nitrogens is 1. The molecule has 138 valence electrons. The van der Waals surface area contributed by atoms with E-state index in [1.165, 1.54) is 42.6 Å². The van der Waals surface area contributed by atoms with Crippen molar-refractivity contribution in [2.45, 2.75) is 51.5 Å². The van der Waals surface area contributed by atoms with Gasteiger partial charge < -0.3 is 10.1 Å². The molecule has 0 aliphatic heterocycles. The summed E-state index contributed by atoms with van der Waals surface area (Å²) in [4.78, 5) is 18.0. The molecule has 1 amide bonds. The molecule has 0 bridgehead atoms. The standard InChI is InChI=1S/C21H26N2O2S/c1-12-20(26-13(2)22-12)21(24)23-19-17-7-5-4-6-16(17)18(19)14-8-10-15(25-3)11-9-14/h8-11,16-19H,4-7H2,1-3H3,(H,23,24)/t16-,17-,18-,19-/m0/s1. The number of hydrogen-bond acceptors (Lipinski definition) is 4. The minimum Gasteiger partial charge on any atom is -0.497 e. The fourth-order valence-corrected chi connectivity index (χ4v) is 5.73. The summed E-state index contributed by atoms with van der Waals surface area (Å²) in [6.07, 6.45) is 5.08. The molecule has 2 aliphatic rings. The Labute approximate surface area is 159 Å². The molecule has 0 unspecified atom stereocenters. The van der Waals surface area contributed by atoms with Crippen LogP contribution in [0.2, 0.25) is 0 Å². The molecule has 1 aromatic carbocycles. The maximum Gasteiger partial charge on any atom is 0.263 e. The summed E-state index contributed by atoms with van der Waals surface area (Å²) in [6, 6.07) is 8.61. The Bertz CT molecular complexity index is 799. The van der Waals surface area contributed by atoms with Crippen LogP contribution in [0.3, 0.4) is 0 Å². The average molecular weight is 371 g/mol. The van der Waals surface area contributed by atoms with Crippen molar-refractivity contribution in [3.63, 3.8) is 0 Å². The predicted molar refractivity (Wildman–Crippen MR) is 104 cm³/mol. The first-order valence-corrected chi connectivity index (χ1v) is 10.3. The van der Waals surface area contributed by atoms with Gasteiger partial charge in [0.15, 0.2) is 0 Å². The molecule has 0 saturated heterocycles. The SMILES string of the molecule is COc1ccc([C@H]2[C@H]3CCCC[C@@H]3[C@@H]2NC(=O)c2sc(C)nc2C)cc1. The summed E-state index contributed by atoms with van der Waals surface area (Å²) >= 11 is 1.49. The molecule has 0 spiro atoms. The van der Waals surface area contributed by atoms with Gasteiger partial charge in [-0.1, -0.05) is 25.0 Å². The van der Waals surface area contributed by atoms with Crippen molar-refractivity contribution >= 4 is 17.2 Å². The van der Waals surface area contributed by atoms with E-state index < -0.39 is 0 Å². The molecule has 2 fully saturated rings. The van der Waals surface area contributed by atoms with Gasteiger partial charge in [-0.25, -0.2) is 4.98 Å². The van der Waals surface area contributed by atoms with E-state index in [9.17, 15) is 4.79 Å². The first-order chi connectivity index (χ1) is 12.6. The van der Waals surface area contributed by atoms with Crippen molar-refractivity contribution in [3.8, 4) is 5.75 Å². The number of carbonyl (C=O) groups is 1. The summed E-state index contributed by atoms with van der Waals surface area (Å²) in [7, 11) is 1.69. The third-order valence-corrected chi connectivity index (χ3v) is 7.16. The Morgan fingerprint density at radius 1 is 1.15 bits per heavy atom. The number of methoxy groups -OCH3 is 1. The van der Waals surface area contributed by atoms with E-state index in [4.69, 9.17) is 4.74 Å². The number of benzene rings is 1. The number of carbonyl (C=O) groups excluding carboxylic acids is 1. The molecular formula is C21H26N2O2S. The van der Waals surface area contributed by atoms with Crippen molar-refractivity contribution in [1.82, 2.24) is 10.3 Å². The number of hydrogen-bond donors (Lipinski definition) is 1. The summed E-state index contributed by atoms with van der Waals surface area (Å²) in [5, 5.41) is 4.31. The van der Waals surface area contributed by atoms with Gasteiger partial charge in [0.1, 0.15) is 10.6 Å². The molecule has 4 atom stereocenters. The minimum atomic E-state index is 0.0423. The van der Waals surface area contributed by atoms with E-state index >= 15 is 0 Å². The first kappa shape index (κ1) is 17.5. The van der Waals surface area contributed by atoms with Gasteiger partial charge in [0.25, 0.3) is 5.91 Å². The third-order valence-electron chi connectivity index (χ3n) is 6.09. The highest BCUT2D eigenvalue weighted by Crippen LogP contribution is 2.54. The van der Waals surface area contributed by atoms with Crippen LogP contribution >= 0.6 is 11.3 Å². The number of thiazole rings is 1. The molecule has 0 radical (unpaired) electrons. The Hall–Kier alpha value is -1.88. The number of ether oxygens (including phenoxy) is 1. The number of rotatable bonds is 4. The van der Waals surface area contributed by atoms with E-state index in [1.54, 1.807) is 7.11 Å². The molecule has 1 N–H and O–H groups in total. The highest BCUT2D eigenvalue weighted by atomic mass is 32.1. The van der Waals surface area contributed by atoms with Crippen molar-refractivity contribution in [2.24, 2.45) is 11.8 Å². The van der Waals surface area contributed by atoms with Gasteiger partial charge >= 0.3 is 0 Å². The lowest BCUT2D eigenvalue weighted by Gasteiger charge is -2.55. The van der Waals surface area contributed by atoms with Crippen molar-refractivity contribution in [3.05, 3.63) is 45.4 Å². The molecule has 2 aromatic rings. The molecule has 26 heavy (non-hydrogen) atoms. The molecule has 4 rings (SSSR count). The van der Waals surface area contributed by atoms with Crippen LogP contribution in [0.15, 0.2) is 24.3 Å². The minimum absolute atomic E-state index is 0.0423. The van der Waals surface area contributed by atoms with Crippen LogP contribution in [0.5, 0.6) is 5.75 Å². The number of aryl methyl sites for hydroxylation is 2. The Morgan fingerprint density at radius 2 is 1.85 bits per heavy atom. The second-order valence-corrected chi connectivity index (χ2v) is 8.76. The zero-order valence-electron chi connectivity index (χ0n) is 15.6. The lowest BCUT2D eigenvalue weighted by atomic mass is 9.53. The van der Waals surface area contributed by atoms with Crippen LogP contribution in [-0.2, 0) is 0 Å². The van der Waals surface area contributed by atoms with Crippen LogP contribution in [0, 0.1) is 25.7 Å². The molecular weight excluding hydrogens is 344 g/mol. The average Bonchev–Trinajstić information content (AvgIpc) is 2.99. The summed E-state index contributed by atoms with van der Waals surface area (Å²) in [5.41, 5.74) is 2.15. The molecule has 1 aromatic heterocycles. The molecule has 1 heterocycles. The van der Waals surface area contributed by atoms with E-state index in [1.807, 2.05) is 26.0 Å². The van der Waals surface area contributed by atoms with Crippen molar-refractivity contribution in [1.29, 1.82) is 0 Å². The van der Waals surface area contributed by atoms with Gasteiger partial charge in [-0.15, -0.1) is 11.3 Å². The van der Waals surface area contributed by atoms with Crippen molar-refractivity contribution < 1.29 is 9.53 Å². The number of nitrogens with one attached hydrogen (secondary N) is 1. The fourth-order valence-electron chi connectivity index (χ4n) is 4.90. The number of nitrogens with zero attached hydrogens (tertiary/aromatic N) is 1. The third kappa shape index (κ3) is 3.02. The van der Waals surface area contributed by atoms with E-state index in [2.05, 4.69) is 22.4 Å². The normalized spacial score (nSPS) is 27.3. The predicted octanol–water partition coefficient (Wildman–Crippen LogP) is 4.47. The van der Waals surface area contributed by atoms with Crippen LogP contribution in [0.25, 0.3) is 0 Å². The van der Waals surface area contributed by atoms with Gasteiger partial charge in [0, 0.05) is 12.0 Å². The Kier molecular flexibility index (Phi) is 4.74. The highest BCUT2D eigenvalue weighted by molar-refractivity contribution is 7.13. The van der Waals surface area contributed by atoms with Crippen LogP contribution in [-0.4, -0.2) is 24.0 Å². The summed E-state index contributed by atoms with van der Waals surface area (Å²) < 4.78 is 5.30. The quantitative estimate of drug-likeness (QED) is 0.864. The zero-order valence-corrected chi connectivity index (χ0v) is 16.4. The largest absolute Gasteiger partial charge is 0.497 e. The molecule has 4 nitrogen and oxygen atoms in total. The van der Waals surface area contributed by atoms with Gasteiger partial charge in [-0.3, -0.25) is 4.79 Å². The second kappa shape index (κ2) is 7.03. The maximum atomic E-state index is 12.9. The Morgan fingerprint density at radius 3 is 2.46 bits per heavy atom. The van der Waals surface area contributed by atoms with Gasteiger partial charge in [-0.2, -0.15) is 0 Å². The smallest absolute Gasteiger partial charge is 0.263 e. The Balaban J connectivity index is 1.57. The molecule has 2 aliphatic carbocycles. The van der Waals surface area contributed by atoms with Crippen LogP contribution in [0.4, 0.5) is 0 Å². The van der Waals surface area contributed by atoms with E-state index in [0.717, 1.165) is 21.3 Å². The molecule has 5 heteroatoms. The number of amides is 1. The van der Waals surface area contributed by atoms with E-state index in [0.29, 0.717) is 17.8 Å².